The molecule has 2 fully saturated rings. The predicted molar refractivity (Wildman–Crippen MR) is 142 cm³/mol. The second-order valence-corrected chi connectivity index (χ2v) is 9.90. The molecule has 5 aromatic rings. The van der Waals surface area contributed by atoms with Gasteiger partial charge >= 0.3 is 0 Å². The second kappa shape index (κ2) is 8.95. The Morgan fingerprint density at radius 1 is 1.11 bits per heavy atom. The average Bonchev–Trinajstić information content (AvgIpc) is 3.71. The Morgan fingerprint density at radius 2 is 1.95 bits per heavy atom. The first-order valence-electron chi connectivity index (χ1n) is 13.0. The Hall–Kier alpha value is -4.25. The van der Waals surface area contributed by atoms with Crippen molar-refractivity contribution in [3.05, 3.63) is 54.4 Å². The number of rotatable bonds is 6. The lowest BCUT2D eigenvalue weighted by Crippen LogP contribution is -2.43. The van der Waals surface area contributed by atoms with Crippen molar-refractivity contribution in [3.8, 4) is 34.0 Å². The molecule has 2 aliphatic heterocycles. The van der Waals surface area contributed by atoms with Crippen molar-refractivity contribution in [2.75, 3.05) is 24.6 Å². The smallest absolute Gasteiger partial charge is 0.167 e. The first-order chi connectivity index (χ1) is 18.6. The summed E-state index contributed by atoms with van der Waals surface area (Å²) in [5.41, 5.74) is 7.21. The van der Waals surface area contributed by atoms with Gasteiger partial charge in [0, 0.05) is 37.0 Å². The van der Waals surface area contributed by atoms with Crippen LogP contribution in [0.3, 0.4) is 0 Å². The van der Waals surface area contributed by atoms with Crippen LogP contribution in [0.15, 0.2) is 43.0 Å². The summed E-state index contributed by atoms with van der Waals surface area (Å²) in [4.78, 5) is 11.8. The van der Waals surface area contributed by atoms with Crippen molar-refractivity contribution in [2.24, 2.45) is 0 Å². The number of ether oxygens (including phenoxy) is 2. The minimum atomic E-state index is 0.253. The van der Waals surface area contributed by atoms with Gasteiger partial charge in [-0.05, 0) is 39.7 Å². The molecule has 2 bridgehead atoms. The van der Waals surface area contributed by atoms with Crippen LogP contribution in [0.25, 0.3) is 33.8 Å². The van der Waals surface area contributed by atoms with Crippen molar-refractivity contribution >= 4 is 11.5 Å². The fourth-order valence-electron chi connectivity index (χ4n) is 5.72. The number of nitrogens with zero attached hydrogens (tertiary/aromatic N) is 8. The van der Waals surface area contributed by atoms with Crippen molar-refractivity contribution in [2.45, 2.75) is 45.8 Å². The van der Waals surface area contributed by atoms with E-state index >= 15 is 0 Å². The first kappa shape index (κ1) is 22.9. The number of anilines is 1. The molecule has 38 heavy (non-hydrogen) atoms. The highest BCUT2D eigenvalue weighted by Crippen LogP contribution is 2.36. The van der Waals surface area contributed by atoms with E-state index in [1.54, 1.807) is 18.6 Å². The molecule has 0 radical (unpaired) electrons. The van der Waals surface area contributed by atoms with Crippen LogP contribution in [0.1, 0.15) is 31.2 Å². The number of morpholine rings is 1. The molecule has 5 aromatic heterocycles. The first-order valence-corrected chi connectivity index (χ1v) is 13.0. The zero-order valence-electron chi connectivity index (χ0n) is 21.6. The van der Waals surface area contributed by atoms with Crippen LogP contribution in [0, 0.1) is 13.8 Å². The summed E-state index contributed by atoms with van der Waals surface area (Å²) in [7, 11) is 0. The monoisotopic (exact) mass is 511 g/mol. The van der Waals surface area contributed by atoms with Gasteiger partial charge in [0.15, 0.2) is 5.65 Å². The molecule has 0 spiro atoms. The van der Waals surface area contributed by atoms with Gasteiger partial charge in [0.1, 0.15) is 11.6 Å². The Bertz CT molecular complexity index is 1610. The molecule has 0 aromatic carbocycles. The second-order valence-electron chi connectivity index (χ2n) is 9.90. The topological polar surface area (TPSA) is 111 Å². The number of aryl methyl sites for hydroxylation is 1. The molecule has 0 saturated carbocycles. The van der Waals surface area contributed by atoms with E-state index in [9.17, 15) is 0 Å². The Balaban J connectivity index is 1.40. The Morgan fingerprint density at radius 3 is 2.71 bits per heavy atom. The van der Waals surface area contributed by atoms with Crippen LogP contribution in [0.4, 0.5) is 5.82 Å². The fourth-order valence-corrected chi connectivity index (χ4v) is 5.72. The van der Waals surface area contributed by atoms with Gasteiger partial charge in [0.05, 0.1) is 71.4 Å². The van der Waals surface area contributed by atoms with Gasteiger partial charge in [-0.15, -0.1) is 0 Å². The third kappa shape index (κ3) is 3.73. The number of hydrogen-bond acceptors (Lipinski definition) is 8. The van der Waals surface area contributed by atoms with Crippen molar-refractivity contribution in [1.29, 1.82) is 0 Å². The normalized spacial score (nSPS) is 19.0. The SMILES string of the molecule is CCOc1cncc(-n2nc(C)c(-c3cc(N4CC5CCC(C4)O5)nc4c(-c5ccn[nH]5)cnn34)c2C)c1. The predicted octanol–water partition coefficient (Wildman–Crippen LogP) is 3.75. The third-order valence-electron chi connectivity index (χ3n) is 7.42. The average molecular weight is 512 g/mol. The zero-order chi connectivity index (χ0) is 25.8. The van der Waals surface area contributed by atoms with E-state index in [1.807, 2.05) is 41.4 Å². The standard InChI is InChI=1S/C27H29N9O2/c1-4-37-21-9-18(11-28-12-21)35-17(3)26(16(2)33-35)24-10-25(34-14-19-5-6-20(15-34)38-19)31-27-22(13-30-36(24)27)23-7-8-29-32-23/h7-13,19-20H,4-6,14-15H2,1-3H3,(H,29,32). The highest BCUT2D eigenvalue weighted by atomic mass is 16.5. The quantitative estimate of drug-likeness (QED) is 0.367. The summed E-state index contributed by atoms with van der Waals surface area (Å²) in [5.74, 6) is 1.63. The zero-order valence-corrected chi connectivity index (χ0v) is 21.6. The summed E-state index contributed by atoms with van der Waals surface area (Å²) >= 11 is 0. The largest absolute Gasteiger partial charge is 0.492 e. The number of H-pyrrole nitrogens is 1. The van der Waals surface area contributed by atoms with E-state index in [-0.39, 0.29) is 12.2 Å². The lowest BCUT2D eigenvalue weighted by molar-refractivity contribution is 0.0302. The highest BCUT2D eigenvalue weighted by Gasteiger charge is 2.35. The molecule has 11 heteroatoms. The van der Waals surface area contributed by atoms with Gasteiger partial charge in [-0.3, -0.25) is 10.1 Å². The van der Waals surface area contributed by atoms with E-state index in [1.165, 1.54) is 0 Å². The van der Waals surface area contributed by atoms with Crippen LogP contribution in [-0.4, -0.2) is 71.5 Å². The van der Waals surface area contributed by atoms with Crippen LogP contribution in [-0.2, 0) is 4.74 Å². The van der Waals surface area contributed by atoms with Gasteiger partial charge in [-0.25, -0.2) is 14.2 Å². The summed E-state index contributed by atoms with van der Waals surface area (Å²) in [6, 6.07) is 6.03. The molecule has 7 rings (SSSR count). The fraction of sp³-hybridized carbons (Fsp3) is 0.370. The number of nitrogens with one attached hydrogen (secondary N) is 1. The number of hydrogen-bond donors (Lipinski definition) is 1. The van der Waals surface area contributed by atoms with E-state index in [2.05, 4.69) is 33.1 Å². The van der Waals surface area contributed by atoms with Gasteiger partial charge in [-0.1, -0.05) is 0 Å². The summed E-state index contributed by atoms with van der Waals surface area (Å²) in [5, 5.41) is 16.9. The molecule has 0 amide bonds. The molecule has 194 valence electrons. The van der Waals surface area contributed by atoms with E-state index in [4.69, 9.17) is 24.7 Å². The summed E-state index contributed by atoms with van der Waals surface area (Å²) in [6.45, 7) is 8.30. The minimum Gasteiger partial charge on any atom is -0.492 e. The number of fused-ring (bicyclic) bond motifs is 3. The molecule has 1 N–H and O–H groups in total. The molecule has 2 atom stereocenters. The molecular weight excluding hydrogens is 482 g/mol. The van der Waals surface area contributed by atoms with Crippen molar-refractivity contribution in [3.63, 3.8) is 0 Å². The van der Waals surface area contributed by atoms with Gasteiger partial charge < -0.3 is 14.4 Å². The molecule has 2 saturated heterocycles. The minimum absolute atomic E-state index is 0.253. The molecule has 2 aliphatic rings. The van der Waals surface area contributed by atoms with E-state index in [0.29, 0.717) is 12.4 Å². The summed E-state index contributed by atoms with van der Waals surface area (Å²) in [6.07, 6.45) is 9.81. The molecule has 0 aliphatic carbocycles. The van der Waals surface area contributed by atoms with E-state index < -0.39 is 0 Å². The van der Waals surface area contributed by atoms with Crippen LogP contribution >= 0.6 is 0 Å². The third-order valence-corrected chi connectivity index (χ3v) is 7.42. The van der Waals surface area contributed by atoms with Gasteiger partial charge in [-0.2, -0.15) is 15.3 Å². The Labute approximate surface area is 219 Å². The lowest BCUT2D eigenvalue weighted by atomic mass is 10.1. The molecule has 11 nitrogen and oxygen atoms in total. The number of aromatic amines is 1. The molecule has 7 heterocycles. The summed E-state index contributed by atoms with van der Waals surface area (Å²) < 4.78 is 15.6. The maximum Gasteiger partial charge on any atom is 0.167 e. The lowest BCUT2D eigenvalue weighted by Gasteiger charge is -2.33. The maximum atomic E-state index is 6.11. The maximum absolute atomic E-state index is 6.11. The van der Waals surface area contributed by atoms with Crippen LogP contribution in [0.2, 0.25) is 0 Å². The van der Waals surface area contributed by atoms with Crippen LogP contribution < -0.4 is 9.64 Å². The van der Waals surface area contributed by atoms with Crippen molar-refractivity contribution < 1.29 is 9.47 Å². The number of aromatic nitrogens is 8. The van der Waals surface area contributed by atoms with Crippen LogP contribution in [0.5, 0.6) is 5.75 Å². The highest BCUT2D eigenvalue weighted by molar-refractivity contribution is 5.80. The van der Waals surface area contributed by atoms with E-state index in [0.717, 1.165) is 77.0 Å². The Kier molecular flexibility index (Phi) is 5.39. The van der Waals surface area contributed by atoms with Gasteiger partial charge in [0.2, 0.25) is 0 Å². The molecular formula is C27H29N9O2. The molecule has 2 unspecified atom stereocenters. The van der Waals surface area contributed by atoms with Gasteiger partial charge in [0.25, 0.3) is 0 Å². The van der Waals surface area contributed by atoms with Crippen molar-refractivity contribution in [1.82, 2.24) is 39.6 Å². The number of pyridine rings is 1.